The number of halogens is 2. The molecule has 11 heteroatoms. The molecule has 0 radical (unpaired) electrons. The SMILES string of the molecule is O=C(Nc1ccc(Cl)cn1)c1cc(C(=O)Nc2ccc(Cl)cn2)cc([N+](=O)[O-])c1. The second kappa shape index (κ2) is 8.63. The van der Waals surface area contributed by atoms with Crippen LogP contribution in [-0.4, -0.2) is 26.7 Å². The molecule has 0 fully saturated rings. The zero-order chi connectivity index (χ0) is 21.0. The summed E-state index contributed by atoms with van der Waals surface area (Å²) in [5, 5.41) is 17.0. The third kappa shape index (κ3) is 5.24. The third-order valence-corrected chi connectivity index (χ3v) is 4.04. The van der Waals surface area contributed by atoms with Crippen molar-refractivity contribution in [3.63, 3.8) is 0 Å². The molecule has 1 aromatic carbocycles. The second-order valence-electron chi connectivity index (χ2n) is 5.66. The molecule has 0 spiro atoms. The van der Waals surface area contributed by atoms with Gasteiger partial charge in [-0.15, -0.1) is 0 Å². The summed E-state index contributed by atoms with van der Waals surface area (Å²) < 4.78 is 0. The van der Waals surface area contributed by atoms with E-state index >= 15 is 0 Å². The Bertz CT molecular complexity index is 1010. The van der Waals surface area contributed by atoms with E-state index < -0.39 is 22.4 Å². The lowest BCUT2D eigenvalue weighted by Crippen LogP contribution is -2.17. The van der Waals surface area contributed by atoms with Gasteiger partial charge in [0, 0.05) is 35.7 Å². The van der Waals surface area contributed by atoms with Crippen LogP contribution in [0.4, 0.5) is 17.3 Å². The lowest BCUT2D eigenvalue weighted by Gasteiger charge is -2.08. The van der Waals surface area contributed by atoms with E-state index in [0.29, 0.717) is 10.0 Å². The third-order valence-electron chi connectivity index (χ3n) is 3.59. The minimum Gasteiger partial charge on any atom is -0.307 e. The van der Waals surface area contributed by atoms with Crippen molar-refractivity contribution in [3.05, 3.63) is 86.1 Å². The summed E-state index contributed by atoms with van der Waals surface area (Å²) >= 11 is 11.5. The summed E-state index contributed by atoms with van der Waals surface area (Å²) in [6.45, 7) is 0. The van der Waals surface area contributed by atoms with Gasteiger partial charge in [-0.05, 0) is 30.3 Å². The van der Waals surface area contributed by atoms with E-state index in [9.17, 15) is 19.7 Å². The van der Waals surface area contributed by atoms with Crippen LogP contribution in [0.3, 0.4) is 0 Å². The minimum absolute atomic E-state index is 0.0924. The number of benzene rings is 1. The normalized spacial score (nSPS) is 10.3. The molecule has 146 valence electrons. The molecule has 2 heterocycles. The summed E-state index contributed by atoms with van der Waals surface area (Å²) in [6.07, 6.45) is 2.67. The number of nitrogens with one attached hydrogen (secondary N) is 2. The van der Waals surface area contributed by atoms with Gasteiger partial charge in [-0.3, -0.25) is 19.7 Å². The van der Waals surface area contributed by atoms with E-state index in [1.54, 1.807) is 0 Å². The Morgan fingerprint density at radius 1 is 0.828 bits per heavy atom. The van der Waals surface area contributed by atoms with Gasteiger partial charge in [0.05, 0.1) is 15.0 Å². The van der Waals surface area contributed by atoms with Crippen LogP contribution in [-0.2, 0) is 0 Å². The lowest BCUT2D eigenvalue weighted by atomic mass is 10.1. The van der Waals surface area contributed by atoms with E-state index in [0.717, 1.165) is 12.1 Å². The first kappa shape index (κ1) is 20.2. The highest BCUT2D eigenvalue weighted by Gasteiger charge is 2.19. The Labute approximate surface area is 173 Å². The van der Waals surface area contributed by atoms with Gasteiger partial charge in [0.25, 0.3) is 17.5 Å². The van der Waals surface area contributed by atoms with E-state index in [2.05, 4.69) is 20.6 Å². The van der Waals surface area contributed by atoms with Gasteiger partial charge in [-0.2, -0.15) is 0 Å². The van der Waals surface area contributed by atoms with Gasteiger partial charge < -0.3 is 10.6 Å². The molecule has 9 nitrogen and oxygen atoms in total. The monoisotopic (exact) mass is 431 g/mol. The average molecular weight is 432 g/mol. The van der Waals surface area contributed by atoms with E-state index in [1.165, 1.54) is 42.7 Å². The number of hydrogen-bond donors (Lipinski definition) is 2. The molecule has 0 aliphatic carbocycles. The van der Waals surface area contributed by atoms with Gasteiger partial charge in [0.1, 0.15) is 11.6 Å². The first-order valence-electron chi connectivity index (χ1n) is 7.97. The van der Waals surface area contributed by atoms with Crippen LogP contribution in [0.2, 0.25) is 10.0 Å². The second-order valence-corrected chi connectivity index (χ2v) is 6.53. The molecule has 0 atom stereocenters. The van der Waals surface area contributed by atoms with Crippen LogP contribution in [0.5, 0.6) is 0 Å². The van der Waals surface area contributed by atoms with Gasteiger partial charge in [0.15, 0.2) is 0 Å². The number of carbonyl (C=O) groups excluding carboxylic acids is 2. The zero-order valence-electron chi connectivity index (χ0n) is 14.4. The zero-order valence-corrected chi connectivity index (χ0v) is 15.9. The van der Waals surface area contributed by atoms with E-state index in [1.807, 2.05) is 0 Å². The van der Waals surface area contributed by atoms with Crippen molar-refractivity contribution in [1.82, 2.24) is 9.97 Å². The molecule has 0 aliphatic rings. The summed E-state index contributed by atoms with van der Waals surface area (Å²) in [6, 6.07) is 9.33. The van der Waals surface area contributed by atoms with E-state index in [4.69, 9.17) is 23.2 Å². The van der Waals surface area contributed by atoms with Crippen molar-refractivity contribution in [2.24, 2.45) is 0 Å². The summed E-state index contributed by atoms with van der Waals surface area (Å²) in [4.78, 5) is 43.3. The van der Waals surface area contributed by atoms with Crippen molar-refractivity contribution >= 4 is 52.3 Å². The van der Waals surface area contributed by atoms with Gasteiger partial charge >= 0.3 is 0 Å². The first-order valence-corrected chi connectivity index (χ1v) is 8.73. The Kier molecular flexibility index (Phi) is 6.01. The highest BCUT2D eigenvalue weighted by atomic mass is 35.5. The summed E-state index contributed by atoms with van der Waals surface area (Å²) in [7, 11) is 0. The molecule has 2 N–H and O–H groups in total. The number of pyridine rings is 2. The summed E-state index contributed by atoms with van der Waals surface area (Å²) in [5.41, 5.74) is -0.605. The number of non-ortho nitro benzene ring substituents is 1. The van der Waals surface area contributed by atoms with E-state index in [-0.39, 0.29) is 22.8 Å². The van der Waals surface area contributed by atoms with Crippen molar-refractivity contribution in [2.45, 2.75) is 0 Å². The molecule has 0 aliphatic heterocycles. The first-order chi connectivity index (χ1) is 13.8. The molecule has 0 saturated heterocycles. The Morgan fingerprint density at radius 2 is 1.28 bits per heavy atom. The highest BCUT2D eigenvalue weighted by molar-refractivity contribution is 6.30. The van der Waals surface area contributed by atoms with Crippen LogP contribution in [0, 0.1) is 10.1 Å². The molecule has 3 aromatic rings. The van der Waals surface area contributed by atoms with Crippen molar-refractivity contribution < 1.29 is 14.5 Å². The van der Waals surface area contributed by atoms with Crippen molar-refractivity contribution in [2.75, 3.05) is 10.6 Å². The van der Waals surface area contributed by atoms with Gasteiger partial charge in [-0.25, -0.2) is 9.97 Å². The molecule has 0 unspecified atom stereocenters. The molecule has 3 rings (SSSR count). The fourth-order valence-electron chi connectivity index (χ4n) is 2.26. The number of carbonyl (C=O) groups is 2. The molecule has 0 saturated carbocycles. The fourth-order valence-corrected chi connectivity index (χ4v) is 2.48. The van der Waals surface area contributed by atoms with Crippen LogP contribution >= 0.6 is 23.2 Å². The van der Waals surface area contributed by atoms with Gasteiger partial charge in [0.2, 0.25) is 0 Å². The standard InChI is InChI=1S/C18H11Cl2N5O4/c19-12-1-3-15(21-8-12)23-17(26)10-5-11(7-14(6-10)25(28)29)18(27)24-16-4-2-13(20)9-22-16/h1-9H,(H,21,23,26)(H,22,24,27). The lowest BCUT2D eigenvalue weighted by molar-refractivity contribution is -0.384. The number of aromatic nitrogens is 2. The minimum atomic E-state index is -0.700. The maximum atomic E-state index is 12.5. The predicted molar refractivity (Wildman–Crippen MR) is 107 cm³/mol. The number of amides is 2. The molecule has 2 aromatic heterocycles. The molecule has 29 heavy (non-hydrogen) atoms. The number of anilines is 2. The maximum Gasteiger partial charge on any atom is 0.271 e. The number of rotatable bonds is 5. The van der Waals surface area contributed by atoms with Crippen LogP contribution in [0.15, 0.2) is 54.9 Å². The fraction of sp³-hybridized carbons (Fsp3) is 0. The average Bonchev–Trinajstić information content (AvgIpc) is 2.71. The Balaban J connectivity index is 1.87. The number of nitro benzene ring substituents is 1. The van der Waals surface area contributed by atoms with Crippen molar-refractivity contribution in [1.29, 1.82) is 0 Å². The highest BCUT2D eigenvalue weighted by Crippen LogP contribution is 2.20. The number of nitro groups is 1. The quantitative estimate of drug-likeness (QED) is 0.460. The molecular formula is C18H11Cl2N5O4. The van der Waals surface area contributed by atoms with Crippen molar-refractivity contribution in [3.8, 4) is 0 Å². The maximum absolute atomic E-state index is 12.5. The van der Waals surface area contributed by atoms with Crippen LogP contribution in [0.25, 0.3) is 0 Å². The van der Waals surface area contributed by atoms with Gasteiger partial charge in [-0.1, -0.05) is 23.2 Å². The largest absolute Gasteiger partial charge is 0.307 e. The van der Waals surface area contributed by atoms with Crippen LogP contribution < -0.4 is 10.6 Å². The predicted octanol–water partition coefficient (Wildman–Crippen LogP) is 4.20. The topological polar surface area (TPSA) is 127 Å². The van der Waals surface area contributed by atoms with Crippen LogP contribution in [0.1, 0.15) is 20.7 Å². The Morgan fingerprint density at radius 3 is 1.62 bits per heavy atom. The Hall–Kier alpha value is -3.56. The molecule has 2 amide bonds. The molecular weight excluding hydrogens is 421 g/mol. The number of hydrogen-bond acceptors (Lipinski definition) is 6. The summed E-state index contributed by atoms with van der Waals surface area (Å²) in [5.74, 6) is -0.964. The smallest absolute Gasteiger partial charge is 0.271 e. The number of nitrogens with zero attached hydrogens (tertiary/aromatic N) is 3. The molecule has 0 bridgehead atoms.